The molecule has 1 aliphatic heterocycles. The zero-order chi connectivity index (χ0) is 17.6. The molecule has 134 valence electrons. The van der Waals surface area contributed by atoms with Gasteiger partial charge in [0.2, 0.25) is 5.91 Å². The summed E-state index contributed by atoms with van der Waals surface area (Å²) >= 11 is 0. The molecule has 2 aromatic rings. The van der Waals surface area contributed by atoms with E-state index in [4.69, 9.17) is 0 Å². The van der Waals surface area contributed by atoms with Crippen molar-refractivity contribution < 1.29 is 4.79 Å². The van der Waals surface area contributed by atoms with E-state index in [2.05, 4.69) is 46.2 Å². The smallest absolute Gasteiger partial charge is 0.236 e. The van der Waals surface area contributed by atoms with Crippen LogP contribution in [-0.4, -0.2) is 56.7 Å². The van der Waals surface area contributed by atoms with Gasteiger partial charge in [0, 0.05) is 19.6 Å². The van der Waals surface area contributed by atoms with Gasteiger partial charge in [-0.2, -0.15) is 5.10 Å². The number of likely N-dealkylation sites (N-methyl/N-ethyl adjacent to an activating group) is 1. The molecule has 0 unspecified atom stereocenters. The third-order valence-corrected chi connectivity index (χ3v) is 4.92. The second-order valence-corrected chi connectivity index (χ2v) is 6.97. The first-order chi connectivity index (χ1) is 12.1. The summed E-state index contributed by atoms with van der Waals surface area (Å²) in [5.74, 6) is 0.172. The minimum atomic E-state index is 0.172. The third kappa shape index (κ3) is 4.89. The fraction of sp³-hybridized carbons (Fsp3) is 0.526. The molecule has 0 spiro atoms. The van der Waals surface area contributed by atoms with E-state index in [9.17, 15) is 4.79 Å². The van der Waals surface area contributed by atoms with Crippen LogP contribution in [0.4, 0.5) is 0 Å². The molecule has 0 N–H and O–H groups in total. The number of carbonyl (C=O) groups excluding carboxylic acids is 1. The normalized spacial score (nSPS) is 18.2. The van der Waals surface area contributed by atoms with Crippen LogP contribution in [-0.2, 0) is 17.9 Å². The maximum atomic E-state index is 12.7. The molecule has 1 saturated heterocycles. The maximum absolute atomic E-state index is 12.7. The summed E-state index contributed by atoms with van der Waals surface area (Å²) in [6, 6.07) is 8.71. The van der Waals surface area contributed by atoms with E-state index in [1.54, 1.807) is 12.7 Å². The van der Waals surface area contributed by atoms with E-state index < -0.39 is 0 Å². The van der Waals surface area contributed by atoms with Crippen molar-refractivity contribution in [1.29, 1.82) is 0 Å². The van der Waals surface area contributed by atoms with Gasteiger partial charge in [0.1, 0.15) is 12.7 Å². The summed E-state index contributed by atoms with van der Waals surface area (Å²) in [6.45, 7) is 4.98. The number of benzene rings is 1. The summed E-state index contributed by atoms with van der Waals surface area (Å²) in [7, 11) is 1.89. The molecule has 0 saturated carbocycles. The number of aryl methyl sites for hydroxylation is 1. The standard InChI is InChI=1S/C19H27N5O/c1-16-6-8-17(9-7-16)11-22(2)19(25)13-23-10-4-3-5-18(23)12-24-15-20-14-21-24/h6-9,14-15,18H,3-5,10-13H2,1-2H3/t18-/m0/s1. The minimum Gasteiger partial charge on any atom is -0.340 e. The van der Waals surface area contributed by atoms with Crippen molar-refractivity contribution in [2.45, 2.75) is 45.3 Å². The summed E-state index contributed by atoms with van der Waals surface area (Å²) in [5.41, 5.74) is 2.40. The van der Waals surface area contributed by atoms with Gasteiger partial charge in [-0.15, -0.1) is 0 Å². The Morgan fingerprint density at radius 2 is 2.08 bits per heavy atom. The predicted molar refractivity (Wildman–Crippen MR) is 96.9 cm³/mol. The Morgan fingerprint density at radius 3 is 2.80 bits per heavy atom. The summed E-state index contributed by atoms with van der Waals surface area (Å²) in [5, 5.41) is 4.21. The Kier molecular flexibility index (Phi) is 5.81. The highest BCUT2D eigenvalue weighted by Crippen LogP contribution is 2.18. The quantitative estimate of drug-likeness (QED) is 0.807. The summed E-state index contributed by atoms with van der Waals surface area (Å²) in [4.78, 5) is 20.8. The van der Waals surface area contributed by atoms with Crippen LogP contribution in [0.3, 0.4) is 0 Å². The monoisotopic (exact) mass is 341 g/mol. The van der Waals surface area contributed by atoms with Crippen molar-refractivity contribution in [3.05, 3.63) is 48.0 Å². The number of nitrogens with zero attached hydrogens (tertiary/aromatic N) is 5. The van der Waals surface area contributed by atoms with Crippen molar-refractivity contribution in [1.82, 2.24) is 24.6 Å². The van der Waals surface area contributed by atoms with Gasteiger partial charge < -0.3 is 4.90 Å². The first-order valence-electron chi connectivity index (χ1n) is 8.98. The van der Waals surface area contributed by atoms with Gasteiger partial charge in [0.25, 0.3) is 0 Å². The van der Waals surface area contributed by atoms with Crippen molar-refractivity contribution in [3.63, 3.8) is 0 Å². The summed E-state index contributed by atoms with van der Waals surface area (Å²) < 4.78 is 1.86. The lowest BCUT2D eigenvalue weighted by atomic mass is 10.0. The fourth-order valence-corrected chi connectivity index (χ4v) is 3.37. The molecular weight excluding hydrogens is 314 g/mol. The van der Waals surface area contributed by atoms with Crippen LogP contribution in [0.25, 0.3) is 0 Å². The van der Waals surface area contributed by atoms with Gasteiger partial charge in [0.05, 0.1) is 13.1 Å². The average Bonchev–Trinajstić information content (AvgIpc) is 3.11. The van der Waals surface area contributed by atoms with Crippen molar-refractivity contribution >= 4 is 5.91 Å². The predicted octanol–water partition coefficient (Wildman–Crippen LogP) is 2.10. The zero-order valence-corrected chi connectivity index (χ0v) is 15.1. The molecule has 1 aromatic carbocycles. The molecule has 0 radical (unpaired) electrons. The highest BCUT2D eigenvalue weighted by molar-refractivity contribution is 5.78. The van der Waals surface area contributed by atoms with Crippen LogP contribution in [0, 0.1) is 6.92 Å². The van der Waals surface area contributed by atoms with E-state index in [0.29, 0.717) is 19.1 Å². The zero-order valence-electron chi connectivity index (χ0n) is 15.1. The van der Waals surface area contributed by atoms with Gasteiger partial charge in [-0.05, 0) is 31.9 Å². The highest BCUT2D eigenvalue weighted by atomic mass is 16.2. The number of carbonyl (C=O) groups is 1. The van der Waals surface area contributed by atoms with Gasteiger partial charge in [0.15, 0.2) is 0 Å². The number of hydrogen-bond acceptors (Lipinski definition) is 4. The molecule has 6 heteroatoms. The highest BCUT2D eigenvalue weighted by Gasteiger charge is 2.25. The number of hydrogen-bond donors (Lipinski definition) is 0. The first kappa shape index (κ1) is 17.6. The van der Waals surface area contributed by atoms with Crippen molar-refractivity contribution in [2.24, 2.45) is 0 Å². The largest absolute Gasteiger partial charge is 0.340 e. The second-order valence-electron chi connectivity index (χ2n) is 6.97. The van der Waals surface area contributed by atoms with E-state index in [1.165, 1.54) is 17.5 Å². The molecule has 0 bridgehead atoms. The fourth-order valence-electron chi connectivity index (χ4n) is 3.37. The SMILES string of the molecule is Cc1ccc(CN(C)C(=O)CN2CCCC[C@H]2Cn2cncn2)cc1. The van der Waals surface area contributed by atoms with Crippen LogP contribution >= 0.6 is 0 Å². The lowest BCUT2D eigenvalue weighted by molar-refractivity contribution is -0.132. The lowest BCUT2D eigenvalue weighted by Gasteiger charge is -2.36. The second kappa shape index (κ2) is 8.25. The molecule has 25 heavy (non-hydrogen) atoms. The maximum Gasteiger partial charge on any atom is 0.236 e. The van der Waals surface area contributed by atoms with Crippen LogP contribution in [0.15, 0.2) is 36.9 Å². The molecule has 1 amide bonds. The van der Waals surface area contributed by atoms with Crippen LogP contribution in [0.5, 0.6) is 0 Å². The topological polar surface area (TPSA) is 54.3 Å². The average molecular weight is 341 g/mol. The Labute approximate surface area is 149 Å². The molecule has 1 aliphatic rings. The Hall–Kier alpha value is -2.21. The number of amides is 1. The molecule has 0 aliphatic carbocycles. The van der Waals surface area contributed by atoms with Crippen LogP contribution in [0.2, 0.25) is 0 Å². The van der Waals surface area contributed by atoms with E-state index in [-0.39, 0.29) is 5.91 Å². The first-order valence-corrected chi connectivity index (χ1v) is 8.98. The summed E-state index contributed by atoms with van der Waals surface area (Å²) in [6.07, 6.45) is 6.78. The van der Waals surface area contributed by atoms with E-state index in [0.717, 1.165) is 25.9 Å². The Balaban J connectivity index is 1.56. The van der Waals surface area contributed by atoms with Crippen LogP contribution < -0.4 is 0 Å². The number of piperidine rings is 1. The molecule has 6 nitrogen and oxygen atoms in total. The van der Waals surface area contributed by atoms with E-state index >= 15 is 0 Å². The van der Waals surface area contributed by atoms with E-state index in [1.807, 2.05) is 16.6 Å². The van der Waals surface area contributed by atoms with Crippen molar-refractivity contribution in [2.75, 3.05) is 20.1 Å². The number of likely N-dealkylation sites (tertiary alicyclic amines) is 1. The molecule has 3 rings (SSSR count). The molecule has 1 fully saturated rings. The van der Waals surface area contributed by atoms with Gasteiger partial charge in [-0.3, -0.25) is 14.4 Å². The van der Waals surface area contributed by atoms with Crippen LogP contribution in [0.1, 0.15) is 30.4 Å². The molecule has 2 heterocycles. The number of rotatable bonds is 6. The number of aromatic nitrogens is 3. The lowest BCUT2D eigenvalue weighted by Crippen LogP contribution is -2.47. The third-order valence-electron chi connectivity index (χ3n) is 4.92. The molecule has 1 atom stereocenters. The van der Waals surface area contributed by atoms with Gasteiger partial charge in [-0.1, -0.05) is 36.2 Å². The van der Waals surface area contributed by atoms with Crippen molar-refractivity contribution in [3.8, 4) is 0 Å². The molecule has 1 aromatic heterocycles. The Morgan fingerprint density at radius 1 is 1.28 bits per heavy atom. The molecular formula is C19H27N5O. The minimum absolute atomic E-state index is 0.172. The van der Waals surface area contributed by atoms with Gasteiger partial charge >= 0.3 is 0 Å². The van der Waals surface area contributed by atoms with Gasteiger partial charge in [-0.25, -0.2) is 4.98 Å². The Bertz CT molecular complexity index is 668.